The lowest BCUT2D eigenvalue weighted by Crippen LogP contribution is -2.33. The zero-order chi connectivity index (χ0) is 14.7. The Morgan fingerprint density at radius 1 is 1.45 bits per heavy atom. The Labute approximate surface area is 122 Å². The Hall–Kier alpha value is -1.03. The summed E-state index contributed by atoms with van der Waals surface area (Å²) < 4.78 is 7.69. The minimum absolute atomic E-state index is 0.378. The summed E-state index contributed by atoms with van der Waals surface area (Å²) in [7, 11) is 1.75. The van der Waals surface area contributed by atoms with Crippen molar-refractivity contribution >= 4 is 0 Å². The SMILES string of the molecule is CCCNC1CCC(c2c(OC)cnn2C(C)C)C1C. The summed E-state index contributed by atoms with van der Waals surface area (Å²) in [6.45, 7) is 10.1. The van der Waals surface area contributed by atoms with Crippen LogP contribution in [0.1, 0.15) is 64.6 Å². The van der Waals surface area contributed by atoms with Crippen LogP contribution in [0.3, 0.4) is 0 Å². The Bertz CT molecular complexity index is 427. The molecule has 20 heavy (non-hydrogen) atoms. The fourth-order valence-electron chi connectivity index (χ4n) is 3.45. The normalized spacial score (nSPS) is 26.4. The van der Waals surface area contributed by atoms with Gasteiger partial charge in [0.2, 0.25) is 0 Å². The monoisotopic (exact) mass is 279 g/mol. The van der Waals surface area contributed by atoms with E-state index >= 15 is 0 Å². The lowest BCUT2D eigenvalue weighted by Gasteiger charge is -2.24. The van der Waals surface area contributed by atoms with E-state index in [4.69, 9.17) is 4.74 Å². The van der Waals surface area contributed by atoms with Crippen LogP contribution < -0.4 is 10.1 Å². The van der Waals surface area contributed by atoms with Crippen LogP contribution in [-0.4, -0.2) is 29.5 Å². The highest BCUT2D eigenvalue weighted by Crippen LogP contribution is 2.43. The quantitative estimate of drug-likeness (QED) is 0.868. The van der Waals surface area contributed by atoms with Gasteiger partial charge in [0.05, 0.1) is 19.0 Å². The van der Waals surface area contributed by atoms with Gasteiger partial charge in [-0.15, -0.1) is 0 Å². The van der Waals surface area contributed by atoms with E-state index in [-0.39, 0.29) is 0 Å². The molecule has 1 aromatic rings. The highest BCUT2D eigenvalue weighted by molar-refractivity contribution is 5.31. The molecule has 0 spiro atoms. The molecule has 3 atom stereocenters. The molecule has 1 N–H and O–H groups in total. The predicted octanol–water partition coefficient (Wildman–Crippen LogP) is 3.35. The van der Waals surface area contributed by atoms with Gasteiger partial charge in [0, 0.05) is 18.0 Å². The summed E-state index contributed by atoms with van der Waals surface area (Å²) in [5.41, 5.74) is 1.29. The van der Waals surface area contributed by atoms with Crippen molar-refractivity contribution in [2.24, 2.45) is 5.92 Å². The number of ether oxygens (including phenoxy) is 1. The number of nitrogens with one attached hydrogen (secondary N) is 1. The largest absolute Gasteiger partial charge is 0.493 e. The van der Waals surface area contributed by atoms with Gasteiger partial charge in [-0.25, -0.2) is 0 Å². The third-order valence-corrected chi connectivity index (χ3v) is 4.57. The first-order valence-corrected chi connectivity index (χ1v) is 7.94. The topological polar surface area (TPSA) is 39.1 Å². The third kappa shape index (κ3) is 2.85. The van der Waals surface area contributed by atoms with Gasteiger partial charge in [-0.3, -0.25) is 4.68 Å². The van der Waals surface area contributed by atoms with Crippen LogP contribution in [0.15, 0.2) is 6.20 Å². The Morgan fingerprint density at radius 2 is 2.20 bits per heavy atom. The van der Waals surface area contributed by atoms with Crippen molar-refractivity contribution in [2.45, 2.75) is 65.0 Å². The Kier molecular flexibility index (Phi) is 5.08. The molecule has 1 fully saturated rings. The average molecular weight is 279 g/mol. The Balaban J connectivity index is 2.21. The van der Waals surface area contributed by atoms with E-state index in [0.29, 0.717) is 23.9 Å². The summed E-state index contributed by atoms with van der Waals surface area (Å²) in [6, 6.07) is 1.00. The van der Waals surface area contributed by atoms with E-state index in [9.17, 15) is 0 Å². The highest BCUT2D eigenvalue weighted by Gasteiger charge is 2.37. The van der Waals surface area contributed by atoms with Gasteiger partial charge in [0.1, 0.15) is 0 Å². The van der Waals surface area contributed by atoms with Crippen LogP contribution in [0.2, 0.25) is 0 Å². The molecule has 1 aliphatic rings. The molecule has 1 saturated carbocycles. The van der Waals surface area contributed by atoms with Crippen LogP contribution in [0.5, 0.6) is 5.75 Å². The van der Waals surface area contributed by atoms with Crippen molar-refractivity contribution in [1.29, 1.82) is 0 Å². The fraction of sp³-hybridized carbons (Fsp3) is 0.812. The average Bonchev–Trinajstić information content (AvgIpc) is 2.99. The number of nitrogens with zero attached hydrogens (tertiary/aromatic N) is 2. The minimum Gasteiger partial charge on any atom is -0.493 e. The Morgan fingerprint density at radius 3 is 2.80 bits per heavy atom. The predicted molar refractivity (Wildman–Crippen MR) is 82.4 cm³/mol. The lowest BCUT2D eigenvalue weighted by molar-refractivity contribution is 0.362. The summed E-state index contributed by atoms with van der Waals surface area (Å²) in [4.78, 5) is 0. The van der Waals surface area contributed by atoms with Gasteiger partial charge in [-0.2, -0.15) is 5.10 Å². The van der Waals surface area contributed by atoms with Crippen LogP contribution in [0, 0.1) is 5.92 Å². The van der Waals surface area contributed by atoms with Gasteiger partial charge in [-0.1, -0.05) is 13.8 Å². The first kappa shape index (κ1) is 15.4. The van der Waals surface area contributed by atoms with Crippen molar-refractivity contribution in [3.8, 4) is 5.75 Å². The molecule has 3 unspecified atom stereocenters. The van der Waals surface area contributed by atoms with Gasteiger partial charge in [-0.05, 0) is 45.6 Å². The number of aromatic nitrogens is 2. The lowest BCUT2D eigenvalue weighted by atomic mass is 9.92. The maximum Gasteiger partial charge on any atom is 0.160 e. The number of hydrogen-bond donors (Lipinski definition) is 1. The van der Waals surface area contributed by atoms with Crippen LogP contribution >= 0.6 is 0 Å². The smallest absolute Gasteiger partial charge is 0.160 e. The molecule has 1 heterocycles. The second kappa shape index (κ2) is 6.61. The molecular weight excluding hydrogens is 250 g/mol. The molecule has 0 aliphatic heterocycles. The molecule has 1 aliphatic carbocycles. The second-order valence-corrected chi connectivity index (χ2v) is 6.24. The van der Waals surface area contributed by atoms with E-state index in [2.05, 4.69) is 42.8 Å². The summed E-state index contributed by atoms with van der Waals surface area (Å²) in [5.74, 6) is 2.13. The fourth-order valence-corrected chi connectivity index (χ4v) is 3.45. The van der Waals surface area contributed by atoms with E-state index in [1.165, 1.54) is 25.0 Å². The molecule has 0 radical (unpaired) electrons. The number of hydrogen-bond acceptors (Lipinski definition) is 3. The molecule has 4 heteroatoms. The van der Waals surface area contributed by atoms with Gasteiger partial charge in [0.25, 0.3) is 0 Å². The second-order valence-electron chi connectivity index (χ2n) is 6.24. The van der Waals surface area contributed by atoms with Crippen LogP contribution in [0.25, 0.3) is 0 Å². The van der Waals surface area contributed by atoms with E-state index < -0.39 is 0 Å². The molecule has 0 saturated heterocycles. The van der Waals surface area contributed by atoms with E-state index in [1.807, 2.05) is 6.20 Å². The maximum absolute atomic E-state index is 5.55. The van der Waals surface area contributed by atoms with Crippen molar-refractivity contribution in [2.75, 3.05) is 13.7 Å². The van der Waals surface area contributed by atoms with Crippen LogP contribution in [-0.2, 0) is 0 Å². The van der Waals surface area contributed by atoms with Crippen molar-refractivity contribution in [3.05, 3.63) is 11.9 Å². The minimum atomic E-state index is 0.378. The molecule has 4 nitrogen and oxygen atoms in total. The molecule has 1 aromatic heterocycles. The summed E-state index contributed by atoms with van der Waals surface area (Å²) in [6.07, 6.45) is 5.53. The van der Waals surface area contributed by atoms with Crippen molar-refractivity contribution in [1.82, 2.24) is 15.1 Å². The molecule has 0 amide bonds. The summed E-state index contributed by atoms with van der Waals surface area (Å²) >= 11 is 0. The zero-order valence-electron chi connectivity index (χ0n) is 13.5. The number of rotatable bonds is 6. The highest BCUT2D eigenvalue weighted by atomic mass is 16.5. The maximum atomic E-state index is 5.55. The molecule has 0 bridgehead atoms. The van der Waals surface area contributed by atoms with Gasteiger partial charge in [0.15, 0.2) is 5.75 Å². The molecular formula is C16H29N3O. The van der Waals surface area contributed by atoms with E-state index in [1.54, 1.807) is 7.11 Å². The van der Waals surface area contributed by atoms with Gasteiger partial charge < -0.3 is 10.1 Å². The first-order chi connectivity index (χ1) is 9.60. The van der Waals surface area contributed by atoms with Crippen LogP contribution in [0.4, 0.5) is 0 Å². The van der Waals surface area contributed by atoms with Crippen molar-refractivity contribution in [3.63, 3.8) is 0 Å². The molecule has 0 aromatic carbocycles. The zero-order valence-corrected chi connectivity index (χ0v) is 13.5. The van der Waals surface area contributed by atoms with E-state index in [0.717, 1.165) is 12.3 Å². The standard InChI is InChI=1S/C16H29N3O/c1-6-9-17-14-8-7-13(12(14)4)16-15(20-5)10-18-19(16)11(2)3/h10-14,17H,6-9H2,1-5H3. The first-order valence-electron chi connectivity index (χ1n) is 7.94. The number of methoxy groups -OCH3 is 1. The van der Waals surface area contributed by atoms with Crippen molar-refractivity contribution < 1.29 is 4.74 Å². The molecule has 114 valence electrons. The van der Waals surface area contributed by atoms with Gasteiger partial charge >= 0.3 is 0 Å². The summed E-state index contributed by atoms with van der Waals surface area (Å²) in [5, 5.41) is 8.21. The molecule has 2 rings (SSSR count). The third-order valence-electron chi connectivity index (χ3n) is 4.57.